The van der Waals surface area contributed by atoms with Crippen molar-refractivity contribution in [1.29, 1.82) is 0 Å². The molecule has 2 rings (SSSR count). The van der Waals surface area contributed by atoms with Crippen molar-refractivity contribution in [2.75, 3.05) is 11.6 Å². The maximum atomic E-state index is 12.3. The molecule has 0 heterocycles. The van der Waals surface area contributed by atoms with Crippen LogP contribution in [0.5, 0.6) is 5.75 Å². The number of benzene rings is 2. The van der Waals surface area contributed by atoms with Gasteiger partial charge >= 0.3 is 6.61 Å². The number of anilines is 1. The maximum Gasteiger partial charge on any atom is 0.387 e. The molecular formula is C17H15F2NO4S. The molecule has 0 radical (unpaired) electrons. The summed E-state index contributed by atoms with van der Waals surface area (Å²) in [7, 11) is -3.31. The van der Waals surface area contributed by atoms with E-state index < -0.39 is 22.4 Å². The number of amides is 1. The van der Waals surface area contributed by atoms with Gasteiger partial charge in [0, 0.05) is 23.6 Å². The third-order valence-electron chi connectivity index (χ3n) is 3.10. The third-order valence-corrected chi connectivity index (χ3v) is 4.23. The van der Waals surface area contributed by atoms with Gasteiger partial charge in [0.15, 0.2) is 9.84 Å². The van der Waals surface area contributed by atoms with Crippen LogP contribution in [0.2, 0.25) is 0 Å². The molecule has 132 valence electrons. The van der Waals surface area contributed by atoms with Crippen molar-refractivity contribution >= 4 is 27.5 Å². The monoisotopic (exact) mass is 367 g/mol. The van der Waals surface area contributed by atoms with Crippen LogP contribution >= 0.6 is 0 Å². The Morgan fingerprint density at radius 1 is 1.12 bits per heavy atom. The van der Waals surface area contributed by atoms with Gasteiger partial charge in [-0.05, 0) is 36.4 Å². The first kappa shape index (κ1) is 18.6. The normalized spacial score (nSPS) is 11.7. The Labute approximate surface area is 143 Å². The van der Waals surface area contributed by atoms with Crippen LogP contribution in [0.1, 0.15) is 5.56 Å². The first-order chi connectivity index (χ1) is 11.8. The Bertz CT molecular complexity index is 878. The van der Waals surface area contributed by atoms with Crippen LogP contribution in [-0.4, -0.2) is 27.2 Å². The van der Waals surface area contributed by atoms with Crippen molar-refractivity contribution in [2.45, 2.75) is 11.5 Å². The summed E-state index contributed by atoms with van der Waals surface area (Å²) in [6.07, 6.45) is 3.60. The van der Waals surface area contributed by atoms with Crippen molar-refractivity contribution in [3.63, 3.8) is 0 Å². The predicted octanol–water partition coefficient (Wildman–Crippen LogP) is 3.34. The molecule has 0 bridgehead atoms. The molecule has 2 aromatic rings. The van der Waals surface area contributed by atoms with Crippen molar-refractivity contribution in [2.24, 2.45) is 0 Å². The van der Waals surface area contributed by atoms with Gasteiger partial charge in [0.05, 0.1) is 4.90 Å². The number of carbonyl (C=O) groups is 1. The predicted molar refractivity (Wildman–Crippen MR) is 90.3 cm³/mol. The first-order valence-electron chi connectivity index (χ1n) is 7.09. The average molecular weight is 367 g/mol. The van der Waals surface area contributed by atoms with Crippen LogP contribution in [0.15, 0.2) is 59.5 Å². The van der Waals surface area contributed by atoms with Crippen molar-refractivity contribution in [1.82, 2.24) is 0 Å². The molecule has 25 heavy (non-hydrogen) atoms. The molecule has 0 aliphatic carbocycles. The molecule has 0 unspecified atom stereocenters. The lowest BCUT2D eigenvalue weighted by atomic mass is 10.2. The van der Waals surface area contributed by atoms with Gasteiger partial charge in [-0.15, -0.1) is 0 Å². The fraction of sp³-hybridized carbons (Fsp3) is 0.118. The second kappa shape index (κ2) is 7.89. The molecule has 0 aromatic heterocycles. The van der Waals surface area contributed by atoms with Crippen LogP contribution < -0.4 is 10.1 Å². The van der Waals surface area contributed by atoms with Crippen molar-refractivity contribution in [3.05, 3.63) is 60.2 Å². The van der Waals surface area contributed by atoms with Crippen molar-refractivity contribution < 1.29 is 26.7 Å². The van der Waals surface area contributed by atoms with E-state index in [9.17, 15) is 22.0 Å². The second-order valence-electron chi connectivity index (χ2n) is 5.04. The fourth-order valence-corrected chi connectivity index (χ4v) is 2.59. The molecule has 0 fully saturated rings. The number of sulfone groups is 1. The summed E-state index contributed by atoms with van der Waals surface area (Å²) in [5.74, 6) is -0.544. The molecular weight excluding hydrogens is 352 g/mol. The number of rotatable bonds is 6. The van der Waals surface area contributed by atoms with Gasteiger partial charge in [0.1, 0.15) is 5.75 Å². The number of para-hydroxylation sites is 1. The highest BCUT2D eigenvalue weighted by atomic mass is 32.2. The number of nitrogens with one attached hydrogen (secondary N) is 1. The van der Waals surface area contributed by atoms with E-state index in [1.807, 2.05) is 0 Å². The summed E-state index contributed by atoms with van der Waals surface area (Å²) in [4.78, 5) is 12.0. The maximum absolute atomic E-state index is 12.3. The number of hydrogen-bond donors (Lipinski definition) is 1. The van der Waals surface area contributed by atoms with Gasteiger partial charge in [-0.25, -0.2) is 8.42 Å². The Hall–Kier alpha value is -2.74. The van der Waals surface area contributed by atoms with Gasteiger partial charge in [-0.2, -0.15) is 8.78 Å². The summed E-state index contributed by atoms with van der Waals surface area (Å²) in [6.45, 7) is -2.96. The molecule has 0 aliphatic rings. The standard InChI is InChI=1S/C17H15F2NO4S/c1-25(22,23)14-9-7-13(8-10-14)20-16(21)11-6-12-4-2-3-5-15(12)24-17(18)19/h2-11,17H,1H3,(H,20,21)/b11-6+. The Morgan fingerprint density at radius 3 is 2.36 bits per heavy atom. The molecule has 1 N–H and O–H groups in total. The zero-order valence-electron chi connectivity index (χ0n) is 13.1. The highest BCUT2D eigenvalue weighted by Gasteiger charge is 2.08. The molecule has 8 heteroatoms. The first-order valence-corrected chi connectivity index (χ1v) is 8.98. The third kappa shape index (κ3) is 5.68. The Morgan fingerprint density at radius 2 is 1.76 bits per heavy atom. The average Bonchev–Trinajstić information content (AvgIpc) is 2.53. The molecule has 0 saturated carbocycles. The molecule has 1 amide bonds. The van der Waals surface area contributed by atoms with E-state index in [1.54, 1.807) is 12.1 Å². The van der Waals surface area contributed by atoms with E-state index >= 15 is 0 Å². The lowest BCUT2D eigenvalue weighted by Gasteiger charge is -2.07. The minimum absolute atomic E-state index is 0.0425. The van der Waals surface area contributed by atoms with Crippen LogP contribution in [0.25, 0.3) is 6.08 Å². The van der Waals surface area contributed by atoms with Gasteiger partial charge in [-0.1, -0.05) is 18.2 Å². The van der Waals surface area contributed by atoms with E-state index in [4.69, 9.17) is 0 Å². The van der Waals surface area contributed by atoms with E-state index in [0.717, 1.165) is 12.3 Å². The highest BCUT2D eigenvalue weighted by Crippen LogP contribution is 2.21. The summed E-state index contributed by atoms with van der Waals surface area (Å²) >= 11 is 0. The van der Waals surface area contributed by atoms with Gasteiger partial charge in [0.2, 0.25) is 5.91 Å². The van der Waals surface area contributed by atoms with Crippen molar-refractivity contribution in [3.8, 4) is 5.75 Å². The number of ether oxygens (including phenoxy) is 1. The van der Waals surface area contributed by atoms with E-state index in [2.05, 4.69) is 10.1 Å². The van der Waals surface area contributed by atoms with Crippen LogP contribution in [0.4, 0.5) is 14.5 Å². The quantitative estimate of drug-likeness (QED) is 0.795. The van der Waals surface area contributed by atoms with E-state index in [1.165, 1.54) is 42.5 Å². The highest BCUT2D eigenvalue weighted by molar-refractivity contribution is 7.90. The summed E-state index contributed by atoms with van der Waals surface area (Å²) < 4.78 is 51.8. The van der Waals surface area contributed by atoms with Crippen LogP contribution in [0.3, 0.4) is 0 Å². The minimum atomic E-state index is -3.31. The van der Waals surface area contributed by atoms with Gasteiger partial charge < -0.3 is 10.1 Å². The second-order valence-corrected chi connectivity index (χ2v) is 7.05. The molecule has 2 aromatic carbocycles. The topological polar surface area (TPSA) is 72.5 Å². The SMILES string of the molecule is CS(=O)(=O)c1ccc(NC(=O)/C=C/c2ccccc2OC(F)F)cc1. The number of alkyl halides is 2. The molecule has 0 aliphatic heterocycles. The zero-order valence-corrected chi connectivity index (χ0v) is 14.0. The lowest BCUT2D eigenvalue weighted by Crippen LogP contribution is -2.08. The van der Waals surface area contributed by atoms with Gasteiger partial charge in [-0.3, -0.25) is 4.79 Å². The Kier molecular flexibility index (Phi) is 5.87. The molecule has 5 nitrogen and oxygen atoms in total. The van der Waals surface area contributed by atoms with E-state index in [-0.39, 0.29) is 10.6 Å². The molecule has 0 spiro atoms. The molecule has 0 atom stereocenters. The fourth-order valence-electron chi connectivity index (χ4n) is 1.96. The number of halogens is 2. The lowest BCUT2D eigenvalue weighted by molar-refractivity contribution is -0.111. The molecule has 0 saturated heterocycles. The zero-order chi connectivity index (χ0) is 18.4. The van der Waals surface area contributed by atoms with Gasteiger partial charge in [0.25, 0.3) is 0 Å². The minimum Gasteiger partial charge on any atom is -0.434 e. The largest absolute Gasteiger partial charge is 0.434 e. The smallest absolute Gasteiger partial charge is 0.387 e. The van der Waals surface area contributed by atoms with Crippen LogP contribution in [-0.2, 0) is 14.6 Å². The van der Waals surface area contributed by atoms with Crippen LogP contribution in [0, 0.1) is 0 Å². The number of carbonyl (C=O) groups excluding carboxylic acids is 1. The summed E-state index contributed by atoms with van der Waals surface area (Å²) in [5, 5.41) is 2.54. The summed E-state index contributed by atoms with van der Waals surface area (Å²) in [6, 6.07) is 11.7. The summed E-state index contributed by atoms with van der Waals surface area (Å²) in [5.41, 5.74) is 0.726. The number of hydrogen-bond acceptors (Lipinski definition) is 4. The Balaban J connectivity index is 2.06. The van der Waals surface area contributed by atoms with E-state index in [0.29, 0.717) is 11.3 Å².